The van der Waals surface area contributed by atoms with E-state index in [1.807, 2.05) is 0 Å². The molecule has 2 amide bonds. The van der Waals surface area contributed by atoms with Gasteiger partial charge in [-0.1, -0.05) is 135 Å². The van der Waals surface area contributed by atoms with Gasteiger partial charge in [-0.3, -0.25) is 9.59 Å². The third-order valence-electron chi connectivity index (χ3n) is 7.84. The van der Waals surface area contributed by atoms with Crippen LogP contribution in [0, 0.1) is 5.92 Å². The molecule has 2 N–H and O–H groups in total. The van der Waals surface area contributed by atoms with E-state index in [-0.39, 0.29) is 11.8 Å². The first-order valence-corrected chi connectivity index (χ1v) is 16.9. The van der Waals surface area contributed by atoms with Crippen LogP contribution in [0.4, 0.5) is 0 Å². The average molecular weight is 523 g/mol. The molecule has 6 heteroatoms. The zero-order valence-corrected chi connectivity index (χ0v) is 24.9. The van der Waals surface area contributed by atoms with Crippen LogP contribution in [-0.2, 0) is 9.59 Å². The number of rotatable bonds is 7. The molecule has 1 aliphatic carbocycles. The molecule has 1 fully saturated rings. The Kier molecular flexibility index (Phi) is 22.9. The van der Waals surface area contributed by atoms with Gasteiger partial charge in [0.1, 0.15) is 6.04 Å². The number of hydrogen-bond acceptors (Lipinski definition) is 3. The fraction of sp³-hybridized carbons (Fsp3) is 0.933. The Labute approximate surface area is 229 Å². The Bertz CT molecular complexity index is 511. The standard InChI is InChI=1S/C30H59BN2O2S/c1-31-36-26-28(30(35)32-2)33-29(34)25-27-23-21-19-17-15-13-11-9-7-5-3-4-6-8-10-12-14-16-18-20-22-24-27/h27-28,31H,3-26H2,1-2H3,(H,32,35)(H,33,34)/t28-/m0/s1. The molecule has 0 aliphatic heterocycles. The van der Waals surface area contributed by atoms with Gasteiger partial charge in [-0.25, -0.2) is 11.6 Å². The highest BCUT2D eigenvalue weighted by Crippen LogP contribution is 2.23. The predicted octanol–water partition coefficient (Wildman–Crippen LogP) is 7.95. The van der Waals surface area contributed by atoms with Gasteiger partial charge in [0.05, 0.1) is 0 Å². The van der Waals surface area contributed by atoms with E-state index in [2.05, 4.69) is 17.5 Å². The van der Waals surface area contributed by atoms with Crippen LogP contribution in [0.2, 0.25) is 6.82 Å². The monoisotopic (exact) mass is 522 g/mol. The molecule has 0 bridgehead atoms. The van der Waals surface area contributed by atoms with E-state index in [4.69, 9.17) is 0 Å². The van der Waals surface area contributed by atoms with Crippen molar-refractivity contribution in [3.05, 3.63) is 0 Å². The van der Waals surface area contributed by atoms with Crippen LogP contribution in [0.25, 0.3) is 0 Å². The quantitative estimate of drug-likeness (QED) is 0.334. The Hall–Kier alpha value is -0.645. The number of likely N-dealkylation sites (N-methyl/N-ethyl adjacent to an activating group) is 1. The van der Waals surface area contributed by atoms with Gasteiger partial charge in [0.15, 0.2) is 6.56 Å². The van der Waals surface area contributed by atoms with Crippen LogP contribution >= 0.6 is 11.6 Å². The molecular weight excluding hydrogens is 463 g/mol. The molecule has 0 heterocycles. The molecule has 0 aromatic rings. The normalized spacial score (nSPS) is 20.6. The molecule has 36 heavy (non-hydrogen) atoms. The average Bonchev–Trinajstić information content (AvgIpc) is 2.88. The van der Waals surface area contributed by atoms with Gasteiger partial charge in [-0.05, 0) is 18.8 Å². The van der Waals surface area contributed by atoms with Gasteiger partial charge in [-0.2, -0.15) is 0 Å². The fourth-order valence-corrected chi connectivity index (χ4v) is 6.21. The molecule has 4 nitrogen and oxygen atoms in total. The summed E-state index contributed by atoms with van der Waals surface area (Å²) in [7, 11) is 1.65. The van der Waals surface area contributed by atoms with Crippen LogP contribution in [0.3, 0.4) is 0 Å². The molecule has 0 aromatic carbocycles. The number of hydrogen-bond donors (Lipinski definition) is 2. The van der Waals surface area contributed by atoms with Gasteiger partial charge in [-0.15, -0.1) is 0 Å². The number of nitrogens with one attached hydrogen (secondary N) is 2. The zero-order chi connectivity index (χ0) is 26.1. The Balaban J connectivity index is 2.48. The summed E-state index contributed by atoms with van der Waals surface area (Å²) in [6.07, 6.45) is 30.5. The molecule has 0 aromatic heterocycles. The lowest BCUT2D eigenvalue weighted by molar-refractivity contribution is -0.128. The maximum atomic E-state index is 12.9. The van der Waals surface area contributed by atoms with E-state index in [1.165, 1.54) is 128 Å². The van der Waals surface area contributed by atoms with Crippen molar-refractivity contribution in [3.63, 3.8) is 0 Å². The van der Waals surface area contributed by atoms with Crippen LogP contribution in [-0.4, -0.2) is 37.2 Å². The largest absolute Gasteiger partial charge is 0.357 e. The fourth-order valence-electron chi connectivity index (χ4n) is 5.50. The molecule has 0 saturated heterocycles. The number of amides is 2. The second kappa shape index (κ2) is 24.7. The van der Waals surface area contributed by atoms with Gasteiger partial charge >= 0.3 is 0 Å². The van der Waals surface area contributed by atoms with Crippen molar-refractivity contribution in [2.75, 3.05) is 12.8 Å². The lowest BCUT2D eigenvalue weighted by Crippen LogP contribution is -2.47. The van der Waals surface area contributed by atoms with E-state index in [0.717, 1.165) is 19.4 Å². The summed E-state index contributed by atoms with van der Waals surface area (Å²) in [5, 5.41) is 5.74. The first-order chi connectivity index (χ1) is 17.7. The second-order valence-electron chi connectivity index (χ2n) is 11.1. The summed E-state index contributed by atoms with van der Waals surface area (Å²) in [6, 6.07) is -0.419. The SMILES string of the molecule is CBSC[C@H](NC(=O)CC1CCCCCCCCCCCCCCCCCCCCCC1)C(=O)NC. The maximum Gasteiger partial charge on any atom is 0.243 e. The minimum absolute atomic E-state index is 0.0580. The summed E-state index contributed by atoms with van der Waals surface area (Å²) in [6.45, 7) is 3.04. The van der Waals surface area contributed by atoms with Gasteiger partial charge < -0.3 is 10.6 Å². The summed E-state index contributed by atoms with van der Waals surface area (Å²) in [4.78, 5) is 25.1. The Morgan fingerprint density at radius 3 is 1.39 bits per heavy atom. The van der Waals surface area contributed by atoms with Crippen LogP contribution < -0.4 is 10.6 Å². The molecule has 0 unspecified atom stereocenters. The maximum absolute atomic E-state index is 12.9. The lowest BCUT2D eigenvalue weighted by Gasteiger charge is -2.20. The summed E-state index contributed by atoms with van der Waals surface area (Å²) >= 11 is 1.70. The highest BCUT2D eigenvalue weighted by Gasteiger charge is 2.21. The highest BCUT2D eigenvalue weighted by molar-refractivity contribution is 8.22. The zero-order valence-electron chi connectivity index (χ0n) is 24.1. The van der Waals surface area contributed by atoms with E-state index in [9.17, 15) is 9.59 Å². The first-order valence-electron chi connectivity index (χ1n) is 15.8. The highest BCUT2D eigenvalue weighted by atomic mass is 32.2. The summed E-state index contributed by atoms with van der Waals surface area (Å²) in [5.74, 6) is 1.08. The van der Waals surface area contributed by atoms with Crippen molar-refractivity contribution < 1.29 is 9.59 Å². The van der Waals surface area contributed by atoms with Crippen molar-refractivity contribution >= 4 is 30.0 Å². The van der Waals surface area contributed by atoms with Crippen molar-refractivity contribution in [3.8, 4) is 0 Å². The van der Waals surface area contributed by atoms with Crippen molar-refractivity contribution in [2.45, 2.75) is 161 Å². The molecule has 0 radical (unpaired) electrons. The van der Waals surface area contributed by atoms with Crippen LogP contribution in [0.1, 0.15) is 148 Å². The number of carbonyl (C=O) groups is 2. The van der Waals surface area contributed by atoms with E-state index < -0.39 is 6.04 Å². The topological polar surface area (TPSA) is 58.2 Å². The van der Waals surface area contributed by atoms with Gasteiger partial charge in [0.2, 0.25) is 11.8 Å². The predicted molar refractivity (Wildman–Crippen MR) is 161 cm³/mol. The Morgan fingerprint density at radius 1 is 0.694 bits per heavy atom. The molecule has 1 saturated carbocycles. The summed E-state index contributed by atoms with van der Waals surface area (Å²) in [5.41, 5.74) is 0. The molecule has 1 rings (SSSR count). The number of carbonyl (C=O) groups excluding carboxylic acids is 2. The molecule has 0 spiro atoms. The molecule has 210 valence electrons. The summed E-state index contributed by atoms with van der Waals surface area (Å²) < 4.78 is 0. The van der Waals surface area contributed by atoms with Crippen LogP contribution in [0.5, 0.6) is 0 Å². The van der Waals surface area contributed by atoms with Gasteiger partial charge in [0, 0.05) is 19.2 Å². The van der Waals surface area contributed by atoms with Crippen LogP contribution in [0.15, 0.2) is 0 Å². The molecular formula is C30H59BN2O2S. The lowest BCUT2D eigenvalue weighted by atomic mass is 9.91. The molecule has 1 aliphatic rings. The van der Waals surface area contributed by atoms with E-state index >= 15 is 0 Å². The van der Waals surface area contributed by atoms with Crippen molar-refractivity contribution in [2.24, 2.45) is 5.92 Å². The smallest absolute Gasteiger partial charge is 0.243 e. The third kappa shape index (κ3) is 19.5. The van der Waals surface area contributed by atoms with Crippen molar-refractivity contribution in [1.82, 2.24) is 10.6 Å². The molecule has 1 atom stereocenters. The Morgan fingerprint density at radius 2 is 1.06 bits per heavy atom. The second-order valence-corrected chi connectivity index (χ2v) is 12.4. The van der Waals surface area contributed by atoms with Crippen molar-refractivity contribution in [1.29, 1.82) is 0 Å². The van der Waals surface area contributed by atoms with E-state index in [0.29, 0.717) is 18.1 Å². The third-order valence-corrected chi connectivity index (χ3v) is 8.81. The minimum Gasteiger partial charge on any atom is -0.357 e. The van der Waals surface area contributed by atoms with Gasteiger partial charge in [0.25, 0.3) is 0 Å². The van der Waals surface area contributed by atoms with E-state index in [1.54, 1.807) is 18.7 Å². The first kappa shape index (κ1) is 33.4. The minimum atomic E-state index is -0.419.